The summed E-state index contributed by atoms with van der Waals surface area (Å²) in [4.78, 5) is 15.7. The smallest absolute Gasteiger partial charge is 0.331 e. The maximum absolute atomic E-state index is 10.9. The van der Waals surface area contributed by atoms with Crippen molar-refractivity contribution in [2.45, 2.75) is 39.7 Å². The minimum atomic E-state index is -0.781. The van der Waals surface area contributed by atoms with Gasteiger partial charge in [-0.1, -0.05) is 26.8 Å². The number of carbonyl (C=O) groups is 1. The quantitative estimate of drug-likeness (QED) is 0.704. The number of carboxylic acids is 1. The molecule has 0 saturated carbocycles. The summed E-state index contributed by atoms with van der Waals surface area (Å²) in [5.41, 5.74) is 0.529. The van der Waals surface area contributed by atoms with Crippen molar-refractivity contribution in [2.75, 3.05) is 32.7 Å². The summed E-state index contributed by atoms with van der Waals surface area (Å²) in [5, 5.41) is 8.97. The van der Waals surface area contributed by atoms with Crippen LogP contribution < -0.4 is 0 Å². The zero-order valence-corrected chi connectivity index (χ0v) is 11.9. The second kappa shape index (κ2) is 7.54. The van der Waals surface area contributed by atoms with E-state index in [0.29, 0.717) is 18.0 Å². The van der Waals surface area contributed by atoms with Gasteiger partial charge < -0.3 is 5.11 Å². The predicted molar refractivity (Wildman–Crippen MR) is 73.8 cm³/mol. The molecule has 0 aromatic heterocycles. The summed E-state index contributed by atoms with van der Waals surface area (Å²) in [6, 6.07) is 0.642. The lowest BCUT2D eigenvalue weighted by Crippen LogP contribution is -2.37. The van der Waals surface area contributed by atoms with Gasteiger partial charge in [-0.05, 0) is 25.9 Å². The molecule has 1 aliphatic rings. The van der Waals surface area contributed by atoms with Gasteiger partial charge in [0.1, 0.15) is 0 Å². The SMILES string of the molecule is CCC(=CCN1CCC(N(CC)CC)C1)C(=O)O. The highest BCUT2D eigenvalue weighted by molar-refractivity contribution is 5.86. The number of rotatable bonds is 7. The van der Waals surface area contributed by atoms with Crippen molar-refractivity contribution in [3.8, 4) is 0 Å². The maximum Gasteiger partial charge on any atom is 0.331 e. The Hall–Kier alpha value is -0.870. The summed E-state index contributed by atoms with van der Waals surface area (Å²) in [5.74, 6) is -0.781. The van der Waals surface area contributed by atoms with Crippen LogP contribution in [0.1, 0.15) is 33.6 Å². The molecule has 0 spiro atoms. The highest BCUT2D eigenvalue weighted by Gasteiger charge is 2.25. The molecule has 1 unspecified atom stereocenters. The van der Waals surface area contributed by atoms with Crippen molar-refractivity contribution in [2.24, 2.45) is 0 Å². The average molecular weight is 254 g/mol. The number of carboxylic acid groups (broad SMARTS) is 1. The van der Waals surface area contributed by atoms with E-state index in [2.05, 4.69) is 23.6 Å². The molecule has 0 aromatic rings. The number of hydrogen-bond donors (Lipinski definition) is 1. The van der Waals surface area contributed by atoms with Crippen molar-refractivity contribution in [3.05, 3.63) is 11.6 Å². The predicted octanol–water partition coefficient (Wildman–Crippen LogP) is 1.82. The van der Waals surface area contributed by atoms with Crippen LogP contribution in [0.2, 0.25) is 0 Å². The van der Waals surface area contributed by atoms with E-state index in [1.54, 1.807) is 0 Å². The first kappa shape index (κ1) is 15.2. The third kappa shape index (κ3) is 4.10. The largest absolute Gasteiger partial charge is 0.478 e. The molecule has 104 valence electrons. The van der Waals surface area contributed by atoms with E-state index in [1.165, 1.54) is 6.42 Å². The molecular formula is C14H26N2O2. The van der Waals surface area contributed by atoms with Crippen molar-refractivity contribution in [1.82, 2.24) is 9.80 Å². The molecule has 1 saturated heterocycles. The van der Waals surface area contributed by atoms with Crippen LogP contribution in [0.15, 0.2) is 11.6 Å². The van der Waals surface area contributed by atoms with Crippen LogP contribution in [0.25, 0.3) is 0 Å². The van der Waals surface area contributed by atoms with Crippen molar-refractivity contribution < 1.29 is 9.90 Å². The Morgan fingerprint density at radius 2 is 2.06 bits per heavy atom. The van der Waals surface area contributed by atoms with Crippen LogP contribution in [0.4, 0.5) is 0 Å². The Bertz CT molecular complexity index is 298. The fourth-order valence-electron chi connectivity index (χ4n) is 2.64. The lowest BCUT2D eigenvalue weighted by Gasteiger charge is -2.26. The molecular weight excluding hydrogens is 228 g/mol. The standard InChI is InChI=1S/C14H26N2O2/c1-4-12(14(17)18)7-9-15-10-8-13(11-15)16(5-2)6-3/h7,13H,4-6,8-11H2,1-3H3,(H,17,18). The highest BCUT2D eigenvalue weighted by Crippen LogP contribution is 2.15. The van der Waals surface area contributed by atoms with E-state index in [0.717, 1.165) is 32.7 Å². The Kier molecular flexibility index (Phi) is 6.36. The molecule has 0 aromatic carbocycles. The molecule has 1 atom stereocenters. The van der Waals surface area contributed by atoms with Crippen LogP contribution in [-0.4, -0.2) is 59.6 Å². The minimum absolute atomic E-state index is 0.529. The van der Waals surface area contributed by atoms with Gasteiger partial charge in [0.25, 0.3) is 0 Å². The fourth-order valence-corrected chi connectivity index (χ4v) is 2.64. The van der Waals surface area contributed by atoms with Crippen LogP contribution in [-0.2, 0) is 4.79 Å². The van der Waals surface area contributed by atoms with Gasteiger partial charge in [0.05, 0.1) is 0 Å². The fraction of sp³-hybridized carbons (Fsp3) is 0.786. The van der Waals surface area contributed by atoms with Crippen LogP contribution in [0, 0.1) is 0 Å². The molecule has 0 radical (unpaired) electrons. The Morgan fingerprint density at radius 1 is 1.39 bits per heavy atom. The molecule has 1 fully saturated rings. The first-order valence-corrected chi connectivity index (χ1v) is 7.01. The number of nitrogens with zero attached hydrogens (tertiary/aromatic N) is 2. The van der Waals surface area contributed by atoms with Crippen molar-refractivity contribution in [3.63, 3.8) is 0 Å². The molecule has 1 aliphatic heterocycles. The van der Waals surface area contributed by atoms with Crippen molar-refractivity contribution in [1.29, 1.82) is 0 Å². The molecule has 0 aliphatic carbocycles. The van der Waals surface area contributed by atoms with E-state index < -0.39 is 5.97 Å². The third-order valence-electron chi connectivity index (χ3n) is 3.83. The van der Waals surface area contributed by atoms with Gasteiger partial charge in [0.2, 0.25) is 0 Å². The van der Waals surface area contributed by atoms with Gasteiger partial charge >= 0.3 is 5.97 Å². The second-order valence-electron chi connectivity index (χ2n) is 4.81. The highest BCUT2D eigenvalue weighted by atomic mass is 16.4. The summed E-state index contributed by atoms with van der Waals surface area (Å²) < 4.78 is 0. The molecule has 1 rings (SSSR count). The van der Waals surface area contributed by atoms with Gasteiger partial charge in [0, 0.05) is 31.2 Å². The van der Waals surface area contributed by atoms with E-state index in [9.17, 15) is 4.79 Å². The molecule has 1 heterocycles. The number of aliphatic carboxylic acids is 1. The number of likely N-dealkylation sites (tertiary alicyclic amines) is 1. The summed E-state index contributed by atoms with van der Waals surface area (Å²) in [6.45, 7) is 11.4. The van der Waals surface area contributed by atoms with Crippen LogP contribution in [0.3, 0.4) is 0 Å². The Morgan fingerprint density at radius 3 is 2.56 bits per heavy atom. The normalized spacial score (nSPS) is 21.8. The first-order chi connectivity index (χ1) is 8.62. The Labute approximate surface area is 110 Å². The van der Waals surface area contributed by atoms with Gasteiger partial charge in [-0.3, -0.25) is 9.80 Å². The molecule has 4 heteroatoms. The third-order valence-corrected chi connectivity index (χ3v) is 3.83. The first-order valence-electron chi connectivity index (χ1n) is 7.01. The molecule has 0 bridgehead atoms. The summed E-state index contributed by atoms with van der Waals surface area (Å²) >= 11 is 0. The molecule has 4 nitrogen and oxygen atoms in total. The maximum atomic E-state index is 10.9. The zero-order valence-electron chi connectivity index (χ0n) is 11.9. The summed E-state index contributed by atoms with van der Waals surface area (Å²) in [6.07, 6.45) is 3.67. The topological polar surface area (TPSA) is 43.8 Å². The molecule has 0 amide bonds. The molecule has 18 heavy (non-hydrogen) atoms. The van der Waals surface area contributed by atoms with Crippen LogP contribution >= 0.6 is 0 Å². The lowest BCUT2D eigenvalue weighted by molar-refractivity contribution is -0.132. The van der Waals surface area contributed by atoms with Gasteiger partial charge in [0.15, 0.2) is 0 Å². The lowest BCUT2D eigenvalue weighted by atomic mass is 10.2. The van der Waals surface area contributed by atoms with Gasteiger partial charge in [-0.2, -0.15) is 0 Å². The van der Waals surface area contributed by atoms with Crippen LogP contribution in [0.5, 0.6) is 0 Å². The van der Waals surface area contributed by atoms with E-state index in [1.807, 2.05) is 13.0 Å². The second-order valence-corrected chi connectivity index (χ2v) is 4.81. The average Bonchev–Trinajstić information content (AvgIpc) is 2.80. The van der Waals surface area contributed by atoms with Gasteiger partial charge in [-0.25, -0.2) is 4.79 Å². The summed E-state index contributed by atoms with van der Waals surface area (Å²) in [7, 11) is 0. The zero-order chi connectivity index (χ0) is 13.5. The number of hydrogen-bond acceptors (Lipinski definition) is 3. The number of likely N-dealkylation sites (N-methyl/N-ethyl adjacent to an activating group) is 1. The van der Waals surface area contributed by atoms with E-state index in [4.69, 9.17) is 5.11 Å². The van der Waals surface area contributed by atoms with E-state index >= 15 is 0 Å². The van der Waals surface area contributed by atoms with E-state index in [-0.39, 0.29) is 0 Å². The van der Waals surface area contributed by atoms with Gasteiger partial charge in [-0.15, -0.1) is 0 Å². The minimum Gasteiger partial charge on any atom is -0.478 e. The monoisotopic (exact) mass is 254 g/mol. The van der Waals surface area contributed by atoms with Crippen molar-refractivity contribution >= 4 is 5.97 Å². The molecule has 1 N–H and O–H groups in total. The Balaban J connectivity index is 2.45.